The number of carbonyl (C=O) groups excluding carboxylic acids is 1. The van der Waals surface area contributed by atoms with Crippen molar-refractivity contribution < 1.29 is 9.90 Å². The molecule has 1 aliphatic rings. The highest BCUT2D eigenvalue weighted by atomic mass is 35.5. The lowest BCUT2D eigenvalue weighted by Gasteiger charge is -2.26. The zero-order valence-electron chi connectivity index (χ0n) is 10.2. The van der Waals surface area contributed by atoms with Crippen LogP contribution in [0.1, 0.15) is 36.2 Å². The standard InChI is InChI=1S/C13H17ClN2O2/c14-11-5-3-4-10(16-11)12(18)15-8-13(9-17)6-1-2-7-13/h3-5,17H,1-2,6-9H2,(H,15,18). The Morgan fingerprint density at radius 2 is 2.17 bits per heavy atom. The average Bonchev–Trinajstić information content (AvgIpc) is 2.85. The average molecular weight is 269 g/mol. The smallest absolute Gasteiger partial charge is 0.269 e. The van der Waals surface area contributed by atoms with Gasteiger partial charge in [0, 0.05) is 12.0 Å². The summed E-state index contributed by atoms with van der Waals surface area (Å²) in [6.45, 7) is 0.618. The van der Waals surface area contributed by atoms with Gasteiger partial charge in [-0.05, 0) is 25.0 Å². The normalized spacial score (nSPS) is 17.7. The first kappa shape index (κ1) is 13.3. The van der Waals surface area contributed by atoms with E-state index in [9.17, 15) is 9.90 Å². The molecule has 4 nitrogen and oxygen atoms in total. The second-order valence-corrected chi connectivity index (χ2v) is 5.28. The van der Waals surface area contributed by atoms with Crippen LogP contribution >= 0.6 is 11.6 Å². The summed E-state index contributed by atoms with van der Waals surface area (Å²) in [7, 11) is 0. The number of halogens is 1. The van der Waals surface area contributed by atoms with Crippen LogP contribution in [0.3, 0.4) is 0 Å². The Morgan fingerprint density at radius 3 is 2.78 bits per heavy atom. The minimum absolute atomic E-state index is 0.121. The summed E-state index contributed by atoms with van der Waals surface area (Å²) < 4.78 is 0. The molecule has 1 aliphatic carbocycles. The van der Waals surface area contributed by atoms with Crippen molar-refractivity contribution in [3.8, 4) is 0 Å². The number of nitrogens with one attached hydrogen (secondary N) is 1. The monoisotopic (exact) mass is 268 g/mol. The molecular weight excluding hydrogens is 252 g/mol. The number of aliphatic hydroxyl groups excluding tert-OH is 1. The summed E-state index contributed by atoms with van der Waals surface area (Å²) in [5.41, 5.74) is 0.169. The third-order valence-corrected chi connectivity index (χ3v) is 3.78. The van der Waals surface area contributed by atoms with Gasteiger partial charge in [-0.15, -0.1) is 0 Å². The third kappa shape index (κ3) is 3.00. The fraction of sp³-hybridized carbons (Fsp3) is 0.538. The Morgan fingerprint density at radius 1 is 1.44 bits per heavy atom. The van der Waals surface area contributed by atoms with Crippen LogP contribution in [0.2, 0.25) is 5.15 Å². The van der Waals surface area contributed by atoms with Crippen LogP contribution in [0, 0.1) is 5.41 Å². The largest absolute Gasteiger partial charge is 0.396 e. The number of carbonyl (C=O) groups is 1. The lowest BCUT2D eigenvalue weighted by molar-refractivity contribution is 0.0876. The number of aromatic nitrogens is 1. The lowest BCUT2D eigenvalue weighted by atomic mass is 9.87. The van der Waals surface area contributed by atoms with Crippen LogP contribution in [0.4, 0.5) is 0 Å². The van der Waals surface area contributed by atoms with E-state index in [1.54, 1.807) is 18.2 Å². The van der Waals surface area contributed by atoms with Crippen LogP contribution in [0.5, 0.6) is 0 Å². The predicted molar refractivity (Wildman–Crippen MR) is 69.6 cm³/mol. The molecule has 1 aromatic rings. The van der Waals surface area contributed by atoms with Crippen molar-refractivity contribution in [1.82, 2.24) is 10.3 Å². The van der Waals surface area contributed by atoms with Gasteiger partial charge in [-0.25, -0.2) is 4.98 Å². The van der Waals surface area contributed by atoms with Crippen molar-refractivity contribution in [2.75, 3.05) is 13.2 Å². The molecule has 0 bridgehead atoms. The topological polar surface area (TPSA) is 62.2 Å². The molecule has 18 heavy (non-hydrogen) atoms. The lowest BCUT2D eigenvalue weighted by Crippen LogP contribution is -2.38. The Bertz CT molecular complexity index is 431. The van der Waals surface area contributed by atoms with Gasteiger partial charge in [0.05, 0.1) is 6.61 Å². The fourth-order valence-electron chi connectivity index (χ4n) is 2.41. The molecule has 2 N–H and O–H groups in total. The van der Waals surface area contributed by atoms with E-state index in [-0.39, 0.29) is 17.9 Å². The first-order valence-corrected chi connectivity index (χ1v) is 6.55. The maximum Gasteiger partial charge on any atom is 0.269 e. The molecule has 0 saturated heterocycles. The minimum atomic E-state index is -0.239. The molecule has 0 spiro atoms. The summed E-state index contributed by atoms with van der Waals surface area (Å²) in [5.74, 6) is -0.239. The van der Waals surface area contributed by atoms with E-state index >= 15 is 0 Å². The molecule has 5 heteroatoms. The van der Waals surface area contributed by atoms with E-state index in [4.69, 9.17) is 11.6 Å². The summed E-state index contributed by atoms with van der Waals surface area (Å²) in [4.78, 5) is 15.9. The predicted octanol–water partition coefficient (Wildman–Crippen LogP) is 2.02. The summed E-state index contributed by atoms with van der Waals surface area (Å²) in [6.07, 6.45) is 4.16. The summed E-state index contributed by atoms with van der Waals surface area (Å²) in [6, 6.07) is 4.95. The molecule has 1 heterocycles. The van der Waals surface area contributed by atoms with Crippen molar-refractivity contribution in [2.45, 2.75) is 25.7 Å². The molecule has 0 aliphatic heterocycles. The van der Waals surface area contributed by atoms with Crippen molar-refractivity contribution in [3.63, 3.8) is 0 Å². The molecule has 1 aromatic heterocycles. The zero-order chi connectivity index (χ0) is 13.0. The number of nitrogens with zero attached hydrogens (tertiary/aromatic N) is 1. The van der Waals surface area contributed by atoms with Crippen molar-refractivity contribution in [1.29, 1.82) is 0 Å². The van der Waals surface area contributed by atoms with Gasteiger partial charge >= 0.3 is 0 Å². The van der Waals surface area contributed by atoms with E-state index in [0.717, 1.165) is 25.7 Å². The van der Waals surface area contributed by atoms with Crippen LogP contribution in [-0.4, -0.2) is 29.1 Å². The van der Waals surface area contributed by atoms with Gasteiger partial charge in [0.2, 0.25) is 0 Å². The maximum absolute atomic E-state index is 11.9. The molecule has 2 rings (SSSR count). The number of rotatable bonds is 4. The molecule has 0 unspecified atom stereocenters. The first-order chi connectivity index (χ1) is 8.65. The Hall–Kier alpha value is -1.13. The van der Waals surface area contributed by atoms with E-state index in [1.165, 1.54) is 0 Å². The van der Waals surface area contributed by atoms with Gasteiger partial charge in [0.1, 0.15) is 10.8 Å². The minimum Gasteiger partial charge on any atom is -0.396 e. The highest BCUT2D eigenvalue weighted by Crippen LogP contribution is 2.36. The molecule has 1 fully saturated rings. The fourth-order valence-corrected chi connectivity index (χ4v) is 2.57. The van der Waals surface area contributed by atoms with E-state index in [1.807, 2.05) is 0 Å². The highest BCUT2D eigenvalue weighted by Gasteiger charge is 2.33. The highest BCUT2D eigenvalue weighted by molar-refractivity contribution is 6.29. The quantitative estimate of drug-likeness (QED) is 0.822. The van der Waals surface area contributed by atoms with Gasteiger partial charge in [-0.1, -0.05) is 30.5 Å². The van der Waals surface area contributed by atoms with Gasteiger partial charge in [0.25, 0.3) is 5.91 Å². The van der Waals surface area contributed by atoms with Crippen LogP contribution in [0.15, 0.2) is 18.2 Å². The summed E-state index contributed by atoms with van der Waals surface area (Å²) >= 11 is 5.74. The van der Waals surface area contributed by atoms with Gasteiger partial charge in [-0.2, -0.15) is 0 Å². The Labute approximate surface area is 111 Å². The van der Waals surface area contributed by atoms with Gasteiger partial charge < -0.3 is 10.4 Å². The number of aliphatic hydroxyl groups is 1. The SMILES string of the molecule is O=C(NCC1(CO)CCCC1)c1cccc(Cl)n1. The molecule has 0 atom stereocenters. The molecule has 0 radical (unpaired) electrons. The van der Waals surface area contributed by atoms with Gasteiger partial charge in [0.15, 0.2) is 0 Å². The van der Waals surface area contributed by atoms with E-state index in [2.05, 4.69) is 10.3 Å². The van der Waals surface area contributed by atoms with E-state index in [0.29, 0.717) is 17.4 Å². The van der Waals surface area contributed by atoms with Gasteiger partial charge in [-0.3, -0.25) is 4.79 Å². The molecular formula is C13H17ClN2O2. The molecule has 1 amide bonds. The van der Waals surface area contributed by atoms with Crippen molar-refractivity contribution >= 4 is 17.5 Å². The van der Waals surface area contributed by atoms with Crippen molar-refractivity contribution in [3.05, 3.63) is 29.0 Å². The maximum atomic E-state index is 11.9. The second kappa shape index (κ2) is 5.67. The van der Waals surface area contributed by atoms with Crippen LogP contribution in [-0.2, 0) is 0 Å². The van der Waals surface area contributed by atoms with Crippen molar-refractivity contribution in [2.24, 2.45) is 5.41 Å². The molecule has 1 saturated carbocycles. The third-order valence-electron chi connectivity index (χ3n) is 3.57. The van der Waals surface area contributed by atoms with E-state index < -0.39 is 0 Å². The van der Waals surface area contributed by atoms with Crippen LogP contribution in [0.25, 0.3) is 0 Å². The molecule has 0 aromatic carbocycles. The number of pyridine rings is 1. The Kier molecular flexibility index (Phi) is 4.19. The first-order valence-electron chi connectivity index (χ1n) is 6.17. The van der Waals surface area contributed by atoms with Crippen LogP contribution < -0.4 is 5.32 Å². The number of hydrogen-bond acceptors (Lipinski definition) is 3. The number of hydrogen-bond donors (Lipinski definition) is 2. The Balaban J connectivity index is 1.96. The molecule has 98 valence electrons. The number of amides is 1. The zero-order valence-corrected chi connectivity index (χ0v) is 10.9. The second-order valence-electron chi connectivity index (χ2n) is 4.89. The summed E-state index contributed by atoms with van der Waals surface area (Å²) in [5, 5.41) is 12.6.